The smallest absolute Gasteiger partial charge is 0.228 e. The first-order valence-corrected chi connectivity index (χ1v) is 6.08. The third kappa shape index (κ3) is 1.28. The van der Waals surface area contributed by atoms with Gasteiger partial charge in [-0.05, 0) is 25.0 Å². The number of carbonyl (C=O) groups excluding carboxylic acids is 1. The fraction of sp³-hybridized carbons (Fsp3) is 0.429. The van der Waals surface area contributed by atoms with Crippen LogP contribution in [0.4, 0.5) is 0 Å². The summed E-state index contributed by atoms with van der Waals surface area (Å²) < 4.78 is 0.975. The Balaban J connectivity index is 2.17. The van der Waals surface area contributed by atoms with E-state index in [0.29, 0.717) is 12.1 Å². The SMILES string of the molecule is CC12CCCC(C1=O)C(c1ccccc1)=[N+]2[O-]. The molecule has 3 heteroatoms. The lowest BCUT2D eigenvalue weighted by Crippen LogP contribution is -2.43. The number of Topliss-reactive ketones (excluding diaryl/α,β-unsaturated/α-hetero) is 1. The van der Waals surface area contributed by atoms with Crippen molar-refractivity contribution in [1.82, 2.24) is 0 Å². The molecule has 0 amide bonds. The summed E-state index contributed by atoms with van der Waals surface area (Å²) in [7, 11) is 0. The fourth-order valence-corrected chi connectivity index (χ4v) is 3.08. The van der Waals surface area contributed by atoms with Crippen molar-refractivity contribution in [2.75, 3.05) is 0 Å². The molecule has 0 radical (unpaired) electrons. The van der Waals surface area contributed by atoms with Gasteiger partial charge in [0.2, 0.25) is 17.0 Å². The Labute approximate surface area is 100 Å². The van der Waals surface area contributed by atoms with Crippen molar-refractivity contribution in [3.63, 3.8) is 0 Å². The number of ketones is 1. The first-order chi connectivity index (χ1) is 8.14. The second kappa shape index (κ2) is 3.42. The predicted octanol–water partition coefficient (Wildman–Crippen LogP) is 2.13. The molecule has 3 rings (SSSR count). The van der Waals surface area contributed by atoms with Gasteiger partial charge < -0.3 is 5.21 Å². The van der Waals surface area contributed by atoms with Crippen LogP contribution in [0.15, 0.2) is 30.3 Å². The summed E-state index contributed by atoms with van der Waals surface area (Å²) in [4.78, 5) is 12.2. The molecule has 2 unspecified atom stereocenters. The van der Waals surface area contributed by atoms with Gasteiger partial charge in [0.05, 0.1) is 0 Å². The number of rotatable bonds is 1. The highest BCUT2D eigenvalue weighted by atomic mass is 16.5. The average Bonchev–Trinajstić information content (AvgIpc) is 2.47. The van der Waals surface area contributed by atoms with Crippen LogP contribution in [0.25, 0.3) is 0 Å². The largest absolute Gasteiger partial charge is 0.623 e. The Kier molecular flexibility index (Phi) is 2.12. The van der Waals surface area contributed by atoms with E-state index in [4.69, 9.17) is 0 Å². The van der Waals surface area contributed by atoms with Gasteiger partial charge in [-0.15, -0.1) is 0 Å². The van der Waals surface area contributed by atoms with Gasteiger partial charge in [-0.3, -0.25) is 4.79 Å². The minimum Gasteiger partial charge on any atom is -0.623 e. The minimum absolute atomic E-state index is 0.109. The number of fused-ring (bicyclic) bond motifs is 2. The third-order valence-electron chi connectivity index (χ3n) is 4.07. The van der Waals surface area contributed by atoms with Gasteiger partial charge in [0.1, 0.15) is 5.92 Å². The predicted molar refractivity (Wildman–Crippen MR) is 64.9 cm³/mol. The van der Waals surface area contributed by atoms with Crippen molar-refractivity contribution >= 4 is 11.5 Å². The average molecular weight is 229 g/mol. The van der Waals surface area contributed by atoms with Crippen LogP contribution in [0.3, 0.4) is 0 Å². The maximum atomic E-state index is 12.4. The van der Waals surface area contributed by atoms with Gasteiger partial charge >= 0.3 is 0 Å². The Morgan fingerprint density at radius 3 is 2.71 bits per heavy atom. The van der Waals surface area contributed by atoms with Crippen LogP contribution >= 0.6 is 0 Å². The summed E-state index contributed by atoms with van der Waals surface area (Å²) in [6.45, 7) is 1.78. The summed E-state index contributed by atoms with van der Waals surface area (Å²) in [6.07, 6.45) is 2.46. The van der Waals surface area contributed by atoms with E-state index in [1.807, 2.05) is 30.3 Å². The van der Waals surface area contributed by atoms with Crippen LogP contribution in [0.5, 0.6) is 0 Å². The van der Waals surface area contributed by atoms with Crippen molar-refractivity contribution < 1.29 is 9.53 Å². The minimum atomic E-state index is -0.811. The van der Waals surface area contributed by atoms with Crippen LogP contribution in [0.2, 0.25) is 0 Å². The number of hydrogen-bond donors (Lipinski definition) is 0. The number of benzene rings is 1. The molecule has 1 fully saturated rings. The zero-order valence-electron chi connectivity index (χ0n) is 9.85. The van der Waals surface area contributed by atoms with Crippen LogP contribution in [0.1, 0.15) is 31.7 Å². The standard InChI is InChI=1S/C14H15NO2/c1-14-9-5-8-11(13(14)16)12(15(14)17)10-6-3-2-4-7-10/h2-4,6-7,11H,5,8-9H2,1H3. The van der Waals surface area contributed by atoms with E-state index < -0.39 is 5.54 Å². The number of carbonyl (C=O) groups is 1. The molecule has 0 spiro atoms. The van der Waals surface area contributed by atoms with Gasteiger partial charge in [-0.25, -0.2) is 0 Å². The first-order valence-electron chi connectivity index (χ1n) is 6.08. The van der Waals surface area contributed by atoms with Crippen molar-refractivity contribution in [3.05, 3.63) is 41.1 Å². The third-order valence-corrected chi connectivity index (χ3v) is 4.07. The molecule has 0 N–H and O–H groups in total. The maximum Gasteiger partial charge on any atom is 0.228 e. The van der Waals surface area contributed by atoms with Crippen molar-refractivity contribution in [2.24, 2.45) is 5.92 Å². The molecule has 1 aliphatic carbocycles. The molecular formula is C14H15NO2. The molecule has 3 nitrogen and oxygen atoms in total. The zero-order chi connectivity index (χ0) is 12.0. The number of hydrogen-bond acceptors (Lipinski definition) is 2. The second-order valence-electron chi connectivity index (χ2n) is 5.13. The van der Waals surface area contributed by atoms with Crippen LogP contribution in [-0.2, 0) is 4.79 Å². The van der Waals surface area contributed by atoms with Crippen molar-refractivity contribution in [1.29, 1.82) is 0 Å². The Morgan fingerprint density at radius 1 is 1.35 bits per heavy atom. The Bertz CT molecular complexity index is 506. The topological polar surface area (TPSA) is 43.1 Å². The summed E-state index contributed by atoms with van der Waals surface area (Å²) in [5.41, 5.74) is 0.760. The molecule has 1 aliphatic heterocycles. The van der Waals surface area contributed by atoms with E-state index >= 15 is 0 Å². The van der Waals surface area contributed by atoms with E-state index in [1.54, 1.807) is 6.92 Å². The molecule has 1 saturated carbocycles. The Hall–Kier alpha value is -1.64. The highest BCUT2D eigenvalue weighted by molar-refractivity contribution is 6.16. The normalized spacial score (nSPS) is 32.1. The van der Waals surface area contributed by atoms with Crippen LogP contribution in [0, 0.1) is 11.1 Å². The quantitative estimate of drug-likeness (QED) is 0.547. The highest BCUT2D eigenvalue weighted by Gasteiger charge is 2.58. The lowest BCUT2D eigenvalue weighted by atomic mass is 9.77. The fourth-order valence-electron chi connectivity index (χ4n) is 3.08. The summed E-state index contributed by atoms with van der Waals surface area (Å²) in [5, 5.41) is 12.4. The molecule has 17 heavy (non-hydrogen) atoms. The molecule has 88 valence electrons. The molecule has 1 heterocycles. The van der Waals surface area contributed by atoms with Crippen molar-refractivity contribution in [3.8, 4) is 0 Å². The summed E-state index contributed by atoms with van der Waals surface area (Å²) in [6, 6.07) is 9.56. The number of hydroxylamine groups is 1. The molecule has 0 aromatic heterocycles. The first kappa shape index (κ1) is 10.5. The monoisotopic (exact) mass is 229 g/mol. The Morgan fingerprint density at radius 2 is 2.06 bits per heavy atom. The maximum absolute atomic E-state index is 12.4. The molecular weight excluding hydrogens is 214 g/mol. The number of nitrogens with zero attached hydrogens (tertiary/aromatic N) is 1. The molecule has 2 aliphatic rings. The molecule has 2 bridgehead atoms. The summed E-state index contributed by atoms with van der Waals surface area (Å²) in [5.74, 6) is -0.0775. The van der Waals surface area contributed by atoms with Gasteiger partial charge in [0.25, 0.3) is 0 Å². The van der Waals surface area contributed by atoms with Crippen LogP contribution in [-0.4, -0.2) is 21.8 Å². The van der Waals surface area contributed by atoms with Gasteiger partial charge in [0.15, 0.2) is 0 Å². The van der Waals surface area contributed by atoms with E-state index in [2.05, 4.69) is 0 Å². The molecule has 0 saturated heterocycles. The van der Waals surface area contributed by atoms with E-state index in [-0.39, 0.29) is 11.7 Å². The van der Waals surface area contributed by atoms with E-state index in [1.165, 1.54) is 0 Å². The molecule has 1 aromatic carbocycles. The van der Waals surface area contributed by atoms with E-state index in [0.717, 1.165) is 23.1 Å². The van der Waals surface area contributed by atoms with E-state index in [9.17, 15) is 10.0 Å². The van der Waals surface area contributed by atoms with Gasteiger partial charge in [-0.1, -0.05) is 18.2 Å². The lowest BCUT2D eigenvalue weighted by Gasteiger charge is -2.24. The molecule has 2 atom stereocenters. The second-order valence-corrected chi connectivity index (χ2v) is 5.13. The van der Waals surface area contributed by atoms with Crippen molar-refractivity contribution in [2.45, 2.75) is 31.7 Å². The van der Waals surface area contributed by atoms with Crippen LogP contribution < -0.4 is 0 Å². The zero-order valence-corrected chi connectivity index (χ0v) is 9.85. The molecule has 1 aromatic rings. The lowest BCUT2D eigenvalue weighted by molar-refractivity contribution is -0.521. The highest BCUT2D eigenvalue weighted by Crippen LogP contribution is 2.39. The van der Waals surface area contributed by atoms with Gasteiger partial charge in [0, 0.05) is 18.9 Å². The summed E-state index contributed by atoms with van der Waals surface area (Å²) >= 11 is 0. The van der Waals surface area contributed by atoms with Gasteiger partial charge in [-0.2, -0.15) is 4.74 Å².